The average molecular weight is 333 g/mol. The topological polar surface area (TPSA) is 63.8 Å². The van der Waals surface area contributed by atoms with Crippen molar-refractivity contribution in [2.75, 3.05) is 11.1 Å². The van der Waals surface area contributed by atoms with Crippen LogP contribution >= 0.6 is 15.9 Å². The van der Waals surface area contributed by atoms with Gasteiger partial charge in [-0.15, -0.1) is 0 Å². The molecule has 0 aliphatic carbocycles. The van der Waals surface area contributed by atoms with Crippen molar-refractivity contribution >= 4 is 44.3 Å². The lowest BCUT2D eigenvalue weighted by molar-refractivity contribution is 0.627. The Morgan fingerprint density at radius 1 is 1.10 bits per heavy atom. The molecule has 3 rings (SSSR count). The molecule has 0 amide bonds. The summed E-state index contributed by atoms with van der Waals surface area (Å²) < 4.78 is 13.7. The molecule has 0 spiro atoms. The molecule has 3 aromatic rings. The Balaban J connectivity index is 2.10. The molecule has 0 radical (unpaired) electrons. The summed E-state index contributed by atoms with van der Waals surface area (Å²) in [5.41, 5.74) is 7.16. The monoisotopic (exact) mass is 332 g/mol. The first-order valence-electron chi connectivity index (χ1n) is 5.88. The van der Waals surface area contributed by atoms with Gasteiger partial charge in [-0.1, -0.05) is 12.1 Å². The zero-order valence-electron chi connectivity index (χ0n) is 10.3. The minimum absolute atomic E-state index is 0.185. The quantitative estimate of drug-likeness (QED) is 0.748. The maximum Gasteiger partial charge on any atom is 0.222 e. The number of nitrogens with two attached hydrogens (primary N) is 1. The Morgan fingerprint density at radius 3 is 2.70 bits per heavy atom. The third-order valence-corrected chi connectivity index (χ3v) is 3.46. The van der Waals surface area contributed by atoms with Crippen LogP contribution in [0, 0.1) is 5.82 Å². The molecule has 1 heterocycles. The predicted molar refractivity (Wildman–Crippen MR) is 81.3 cm³/mol. The maximum atomic E-state index is 13.1. The highest BCUT2D eigenvalue weighted by atomic mass is 79.9. The first-order chi connectivity index (χ1) is 9.63. The van der Waals surface area contributed by atoms with Crippen molar-refractivity contribution in [2.45, 2.75) is 0 Å². The molecule has 0 aliphatic rings. The summed E-state index contributed by atoms with van der Waals surface area (Å²) in [6.07, 6.45) is 0. The van der Waals surface area contributed by atoms with Crippen molar-refractivity contribution < 1.29 is 4.39 Å². The minimum atomic E-state index is -0.311. The Hall–Kier alpha value is -2.21. The van der Waals surface area contributed by atoms with Gasteiger partial charge in [-0.3, -0.25) is 0 Å². The van der Waals surface area contributed by atoms with E-state index < -0.39 is 0 Å². The van der Waals surface area contributed by atoms with E-state index in [2.05, 4.69) is 31.2 Å². The van der Waals surface area contributed by atoms with E-state index in [1.807, 2.05) is 24.3 Å². The summed E-state index contributed by atoms with van der Waals surface area (Å²) in [6.45, 7) is 0. The fourth-order valence-electron chi connectivity index (χ4n) is 1.91. The number of anilines is 3. The summed E-state index contributed by atoms with van der Waals surface area (Å²) in [5, 5.41) is 3.98. The van der Waals surface area contributed by atoms with E-state index in [0.29, 0.717) is 16.0 Å². The third kappa shape index (κ3) is 2.42. The molecule has 6 heteroatoms. The molecule has 2 aromatic carbocycles. The number of aromatic nitrogens is 2. The van der Waals surface area contributed by atoms with Gasteiger partial charge in [-0.05, 0) is 46.3 Å². The SMILES string of the molecule is Nc1nc(Nc2ccc(F)cc2Br)c2ccccc2n1. The number of nitrogen functional groups attached to an aromatic ring is 1. The van der Waals surface area contributed by atoms with Gasteiger partial charge in [0.25, 0.3) is 0 Å². The lowest BCUT2D eigenvalue weighted by Crippen LogP contribution is -2.01. The average Bonchev–Trinajstić information content (AvgIpc) is 2.41. The van der Waals surface area contributed by atoms with Crippen LogP contribution < -0.4 is 11.1 Å². The van der Waals surface area contributed by atoms with E-state index in [-0.39, 0.29) is 11.8 Å². The molecule has 1 aromatic heterocycles. The fourth-order valence-corrected chi connectivity index (χ4v) is 2.36. The zero-order valence-corrected chi connectivity index (χ0v) is 11.9. The standard InChI is InChI=1S/C14H10BrFN4/c15-10-7-8(16)5-6-12(10)18-13-9-3-1-2-4-11(9)19-14(17)20-13/h1-7H,(H3,17,18,19,20). The zero-order chi connectivity index (χ0) is 14.1. The summed E-state index contributed by atoms with van der Waals surface area (Å²) in [6, 6.07) is 11.9. The minimum Gasteiger partial charge on any atom is -0.368 e. The molecule has 0 unspecified atom stereocenters. The number of hydrogen-bond donors (Lipinski definition) is 2. The van der Waals surface area contributed by atoms with Crippen LogP contribution in [0.2, 0.25) is 0 Å². The second-order valence-electron chi connectivity index (χ2n) is 4.20. The van der Waals surface area contributed by atoms with Gasteiger partial charge in [0.05, 0.1) is 11.2 Å². The van der Waals surface area contributed by atoms with Gasteiger partial charge >= 0.3 is 0 Å². The van der Waals surface area contributed by atoms with Crippen LogP contribution in [0.5, 0.6) is 0 Å². The van der Waals surface area contributed by atoms with Crippen LogP contribution in [0.4, 0.5) is 21.8 Å². The van der Waals surface area contributed by atoms with E-state index in [4.69, 9.17) is 5.73 Å². The lowest BCUT2D eigenvalue weighted by atomic mass is 10.2. The fraction of sp³-hybridized carbons (Fsp3) is 0. The van der Waals surface area contributed by atoms with Crippen LogP contribution in [0.1, 0.15) is 0 Å². The van der Waals surface area contributed by atoms with Gasteiger partial charge in [-0.25, -0.2) is 9.37 Å². The number of rotatable bonds is 2. The number of para-hydroxylation sites is 1. The van der Waals surface area contributed by atoms with E-state index in [9.17, 15) is 4.39 Å². The summed E-state index contributed by atoms with van der Waals surface area (Å²) >= 11 is 3.31. The van der Waals surface area contributed by atoms with Gasteiger partial charge in [0.15, 0.2) is 0 Å². The molecule has 0 fully saturated rings. The summed E-state index contributed by atoms with van der Waals surface area (Å²) in [4.78, 5) is 8.37. The highest BCUT2D eigenvalue weighted by Crippen LogP contribution is 2.29. The first kappa shape index (κ1) is 12.8. The number of fused-ring (bicyclic) bond motifs is 1. The number of benzene rings is 2. The van der Waals surface area contributed by atoms with Crippen LogP contribution in [-0.2, 0) is 0 Å². The molecule has 0 saturated carbocycles. The molecule has 4 nitrogen and oxygen atoms in total. The first-order valence-corrected chi connectivity index (χ1v) is 6.67. The lowest BCUT2D eigenvalue weighted by Gasteiger charge is -2.10. The molecule has 0 saturated heterocycles. The van der Waals surface area contributed by atoms with Gasteiger partial charge in [0.2, 0.25) is 5.95 Å². The van der Waals surface area contributed by atoms with E-state index in [0.717, 1.165) is 10.9 Å². The van der Waals surface area contributed by atoms with Crippen molar-refractivity contribution in [2.24, 2.45) is 0 Å². The predicted octanol–water partition coefficient (Wildman–Crippen LogP) is 3.86. The highest BCUT2D eigenvalue weighted by Gasteiger charge is 2.08. The van der Waals surface area contributed by atoms with Crippen molar-refractivity contribution in [3.05, 3.63) is 52.8 Å². The summed E-state index contributed by atoms with van der Waals surface area (Å²) in [5.74, 6) is 0.458. The number of nitrogens with one attached hydrogen (secondary N) is 1. The van der Waals surface area contributed by atoms with Gasteiger partial charge in [0, 0.05) is 9.86 Å². The smallest absolute Gasteiger partial charge is 0.222 e. The second-order valence-corrected chi connectivity index (χ2v) is 5.05. The van der Waals surface area contributed by atoms with Crippen LogP contribution in [0.3, 0.4) is 0 Å². The number of nitrogens with zero attached hydrogens (tertiary/aromatic N) is 2. The normalized spacial score (nSPS) is 10.7. The molecule has 20 heavy (non-hydrogen) atoms. The van der Waals surface area contributed by atoms with E-state index in [1.54, 1.807) is 6.07 Å². The Bertz CT molecular complexity index is 791. The van der Waals surface area contributed by atoms with Crippen molar-refractivity contribution in [1.29, 1.82) is 0 Å². The molecule has 100 valence electrons. The van der Waals surface area contributed by atoms with Crippen LogP contribution in [0.15, 0.2) is 46.9 Å². The van der Waals surface area contributed by atoms with Crippen LogP contribution in [-0.4, -0.2) is 9.97 Å². The molecule has 0 aliphatic heterocycles. The van der Waals surface area contributed by atoms with E-state index in [1.165, 1.54) is 12.1 Å². The number of hydrogen-bond acceptors (Lipinski definition) is 4. The Kier molecular flexibility index (Phi) is 3.23. The molecular formula is C14H10BrFN4. The molecular weight excluding hydrogens is 323 g/mol. The molecule has 0 atom stereocenters. The Morgan fingerprint density at radius 2 is 1.90 bits per heavy atom. The second kappa shape index (κ2) is 5.05. The number of halogens is 2. The molecule has 0 bridgehead atoms. The third-order valence-electron chi connectivity index (χ3n) is 2.80. The maximum absolute atomic E-state index is 13.1. The Labute approximate surface area is 123 Å². The largest absolute Gasteiger partial charge is 0.368 e. The highest BCUT2D eigenvalue weighted by molar-refractivity contribution is 9.10. The van der Waals surface area contributed by atoms with Crippen molar-refractivity contribution in [1.82, 2.24) is 9.97 Å². The van der Waals surface area contributed by atoms with Gasteiger partial charge < -0.3 is 11.1 Å². The van der Waals surface area contributed by atoms with Crippen molar-refractivity contribution in [3.63, 3.8) is 0 Å². The molecule has 3 N–H and O–H groups in total. The summed E-state index contributed by atoms with van der Waals surface area (Å²) in [7, 11) is 0. The van der Waals surface area contributed by atoms with E-state index >= 15 is 0 Å². The van der Waals surface area contributed by atoms with Gasteiger partial charge in [-0.2, -0.15) is 4.98 Å². The van der Waals surface area contributed by atoms with Crippen molar-refractivity contribution in [3.8, 4) is 0 Å². The van der Waals surface area contributed by atoms with Crippen LogP contribution in [0.25, 0.3) is 10.9 Å². The van der Waals surface area contributed by atoms with Gasteiger partial charge in [0.1, 0.15) is 11.6 Å².